The highest BCUT2D eigenvalue weighted by molar-refractivity contribution is 7.14. The van der Waals surface area contributed by atoms with Gasteiger partial charge in [-0.15, -0.1) is 11.3 Å². The molecule has 8 nitrogen and oxygen atoms in total. The quantitative estimate of drug-likeness (QED) is 0.515. The summed E-state index contributed by atoms with van der Waals surface area (Å²) in [7, 11) is 0. The summed E-state index contributed by atoms with van der Waals surface area (Å²) in [6.07, 6.45) is 0.405. The molecule has 29 heavy (non-hydrogen) atoms. The summed E-state index contributed by atoms with van der Waals surface area (Å²) in [4.78, 5) is 39.2. The first kappa shape index (κ1) is 20.0. The zero-order valence-corrected chi connectivity index (χ0v) is 16.2. The number of hydrazine groups is 1. The molecule has 9 heteroatoms. The van der Waals surface area contributed by atoms with Gasteiger partial charge in [0, 0.05) is 28.6 Å². The largest absolute Gasteiger partial charge is 0.545 e. The minimum absolute atomic E-state index is 0.0125. The molecule has 0 saturated carbocycles. The molecule has 0 atom stereocenters. The second-order valence-electron chi connectivity index (χ2n) is 5.93. The molecule has 3 N–H and O–H groups in total. The number of carbonyl (C=O) groups excluding carboxylic acids is 3. The van der Waals surface area contributed by atoms with E-state index in [-0.39, 0.29) is 17.0 Å². The van der Waals surface area contributed by atoms with Gasteiger partial charge in [-0.2, -0.15) is 0 Å². The number of hydrogen-bond donors (Lipinski definition) is 3. The van der Waals surface area contributed by atoms with Crippen molar-refractivity contribution in [1.82, 2.24) is 10.4 Å². The Morgan fingerprint density at radius 2 is 1.72 bits per heavy atom. The number of benzene rings is 2. The molecule has 0 aliphatic heterocycles. The molecule has 2 amide bonds. The Balaban J connectivity index is 1.64. The Morgan fingerprint density at radius 3 is 2.38 bits per heavy atom. The summed E-state index contributed by atoms with van der Waals surface area (Å²) in [5.41, 5.74) is 7.15. The average molecular weight is 409 g/mol. The summed E-state index contributed by atoms with van der Waals surface area (Å²) in [5, 5.41) is 16.1. The Morgan fingerprint density at radius 1 is 1.03 bits per heavy atom. The second kappa shape index (κ2) is 8.98. The first-order valence-electron chi connectivity index (χ1n) is 8.70. The fraction of sp³-hybridized carbons (Fsp3) is 0.100. The molecule has 3 aromatic rings. The molecule has 3 rings (SSSR count). The maximum absolute atomic E-state index is 12.2. The summed E-state index contributed by atoms with van der Waals surface area (Å²) in [5.74, 6) is -2.10. The van der Waals surface area contributed by atoms with Crippen LogP contribution >= 0.6 is 11.3 Å². The molecule has 0 spiro atoms. The number of carboxylic acids is 1. The van der Waals surface area contributed by atoms with E-state index in [2.05, 4.69) is 21.2 Å². The third kappa shape index (κ3) is 4.96. The molecule has 0 unspecified atom stereocenters. The summed E-state index contributed by atoms with van der Waals surface area (Å²) < 4.78 is 0. The molecule has 1 aromatic heterocycles. The number of anilines is 2. The van der Waals surface area contributed by atoms with Gasteiger partial charge in [-0.25, -0.2) is 4.98 Å². The van der Waals surface area contributed by atoms with Gasteiger partial charge >= 0.3 is 0 Å². The van der Waals surface area contributed by atoms with E-state index < -0.39 is 11.9 Å². The van der Waals surface area contributed by atoms with E-state index in [9.17, 15) is 19.5 Å². The van der Waals surface area contributed by atoms with Gasteiger partial charge in [-0.3, -0.25) is 20.4 Å². The number of carbonyl (C=O) groups is 3. The predicted octanol–water partition coefficient (Wildman–Crippen LogP) is 2.28. The SMILES string of the molecule is CCC(=O)Nc1ccc(-c2csc(NNC(=O)c3ccccc3C(=O)[O-])n2)cc1. The van der Waals surface area contributed by atoms with Gasteiger partial charge in [0.2, 0.25) is 11.0 Å². The normalized spacial score (nSPS) is 10.2. The molecule has 148 valence electrons. The molecule has 1 heterocycles. The van der Waals surface area contributed by atoms with Crippen LogP contribution in [-0.4, -0.2) is 22.8 Å². The van der Waals surface area contributed by atoms with Crippen LogP contribution in [0.2, 0.25) is 0 Å². The first-order valence-corrected chi connectivity index (χ1v) is 9.58. The van der Waals surface area contributed by atoms with Crippen LogP contribution in [-0.2, 0) is 4.79 Å². The molecule has 0 aliphatic carbocycles. The van der Waals surface area contributed by atoms with Crippen molar-refractivity contribution < 1.29 is 19.5 Å². The monoisotopic (exact) mass is 409 g/mol. The maximum atomic E-state index is 12.2. The topological polar surface area (TPSA) is 123 Å². The lowest BCUT2D eigenvalue weighted by molar-refractivity contribution is -0.255. The van der Waals surface area contributed by atoms with Crippen LogP contribution in [0.25, 0.3) is 11.3 Å². The van der Waals surface area contributed by atoms with Gasteiger partial charge in [-0.1, -0.05) is 37.3 Å². The zero-order chi connectivity index (χ0) is 20.8. The molecule has 2 aromatic carbocycles. The highest BCUT2D eigenvalue weighted by Crippen LogP contribution is 2.25. The zero-order valence-electron chi connectivity index (χ0n) is 15.4. The van der Waals surface area contributed by atoms with Crippen LogP contribution < -0.4 is 21.3 Å². The molecule has 0 fully saturated rings. The molecule has 0 aliphatic rings. The fourth-order valence-corrected chi connectivity index (χ4v) is 3.15. The van der Waals surface area contributed by atoms with Gasteiger partial charge in [0.05, 0.1) is 17.2 Å². The third-order valence-corrected chi connectivity index (χ3v) is 4.72. The molecular formula is C20H17N4O4S-. The van der Waals surface area contributed by atoms with Crippen molar-refractivity contribution in [2.45, 2.75) is 13.3 Å². The minimum Gasteiger partial charge on any atom is -0.545 e. The van der Waals surface area contributed by atoms with Crippen molar-refractivity contribution in [3.63, 3.8) is 0 Å². The van der Waals surface area contributed by atoms with Crippen molar-refractivity contribution in [3.8, 4) is 11.3 Å². The van der Waals surface area contributed by atoms with Gasteiger partial charge in [-0.05, 0) is 18.2 Å². The van der Waals surface area contributed by atoms with Crippen LogP contribution in [0.4, 0.5) is 10.8 Å². The minimum atomic E-state index is -1.43. The average Bonchev–Trinajstić information content (AvgIpc) is 3.21. The molecular weight excluding hydrogens is 392 g/mol. The van der Waals surface area contributed by atoms with Gasteiger partial charge in [0.25, 0.3) is 5.91 Å². The number of aromatic carboxylic acids is 1. The lowest BCUT2D eigenvalue weighted by atomic mass is 10.1. The third-order valence-electron chi connectivity index (χ3n) is 3.96. The van der Waals surface area contributed by atoms with E-state index in [0.717, 1.165) is 5.56 Å². The van der Waals surface area contributed by atoms with Gasteiger partial charge in [0.1, 0.15) is 0 Å². The van der Waals surface area contributed by atoms with Crippen molar-refractivity contribution in [3.05, 3.63) is 65.0 Å². The predicted molar refractivity (Wildman–Crippen MR) is 108 cm³/mol. The molecule has 0 bridgehead atoms. The van der Waals surface area contributed by atoms with Gasteiger partial charge < -0.3 is 15.2 Å². The number of nitrogens with zero attached hydrogens (tertiary/aromatic N) is 1. The number of hydrogen-bond acceptors (Lipinski definition) is 7. The van der Waals surface area contributed by atoms with E-state index in [4.69, 9.17) is 0 Å². The van der Waals surface area contributed by atoms with Crippen molar-refractivity contribution >= 4 is 39.9 Å². The van der Waals surface area contributed by atoms with Crippen LogP contribution in [0.5, 0.6) is 0 Å². The number of carboxylic acid groups (broad SMARTS) is 1. The fourth-order valence-electron chi connectivity index (χ4n) is 2.47. The Hall–Kier alpha value is -3.72. The van der Waals surface area contributed by atoms with E-state index in [1.807, 2.05) is 17.5 Å². The summed E-state index contributed by atoms with van der Waals surface area (Å²) in [6, 6.07) is 13.0. The Labute approximate surface area is 170 Å². The van der Waals surface area contributed by atoms with Gasteiger partial charge in [0.15, 0.2) is 0 Å². The van der Waals surface area contributed by atoms with Crippen molar-refractivity contribution in [2.24, 2.45) is 0 Å². The number of aromatic nitrogens is 1. The maximum Gasteiger partial charge on any atom is 0.270 e. The summed E-state index contributed by atoms with van der Waals surface area (Å²) >= 11 is 1.28. The van der Waals surface area contributed by atoms with E-state index in [1.165, 1.54) is 29.5 Å². The smallest absolute Gasteiger partial charge is 0.270 e. The molecule has 0 radical (unpaired) electrons. The number of rotatable bonds is 7. The van der Waals surface area contributed by atoms with E-state index in [0.29, 0.717) is 22.9 Å². The Kier molecular flexibility index (Phi) is 6.20. The van der Waals surface area contributed by atoms with Crippen LogP contribution in [0.1, 0.15) is 34.1 Å². The highest BCUT2D eigenvalue weighted by Gasteiger charge is 2.12. The lowest BCUT2D eigenvalue weighted by Crippen LogP contribution is -2.32. The molecule has 0 saturated heterocycles. The van der Waals surface area contributed by atoms with E-state index in [1.54, 1.807) is 25.1 Å². The second-order valence-corrected chi connectivity index (χ2v) is 6.79. The standard InChI is InChI=1S/C20H18N4O4S/c1-2-17(25)21-13-9-7-12(8-10-13)16-11-29-20(22-16)24-23-18(26)14-5-3-4-6-15(14)19(27)28/h3-11H,2H2,1H3,(H,21,25)(H,22,24)(H,23,26)(H,27,28)/p-1. The van der Waals surface area contributed by atoms with Crippen LogP contribution in [0.15, 0.2) is 53.9 Å². The van der Waals surface area contributed by atoms with Crippen LogP contribution in [0, 0.1) is 0 Å². The highest BCUT2D eigenvalue weighted by atomic mass is 32.1. The van der Waals surface area contributed by atoms with Crippen molar-refractivity contribution in [2.75, 3.05) is 10.7 Å². The first-order chi connectivity index (χ1) is 14.0. The number of nitrogens with one attached hydrogen (secondary N) is 3. The number of thiazole rings is 1. The van der Waals surface area contributed by atoms with Crippen LogP contribution in [0.3, 0.4) is 0 Å². The van der Waals surface area contributed by atoms with E-state index >= 15 is 0 Å². The Bertz CT molecular complexity index is 1050. The lowest BCUT2D eigenvalue weighted by Gasteiger charge is -2.10. The number of amides is 2. The summed E-state index contributed by atoms with van der Waals surface area (Å²) in [6.45, 7) is 1.78. The van der Waals surface area contributed by atoms with Crippen molar-refractivity contribution in [1.29, 1.82) is 0 Å².